The van der Waals surface area contributed by atoms with Crippen LogP contribution in [0.2, 0.25) is 0 Å². The molecule has 15 heavy (non-hydrogen) atoms. The van der Waals surface area contributed by atoms with Crippen molar-refractivity contribution in [1.29, 1.82) is 0 Å². The first kappa shape index (κ1) is 9.01. The molecule has 1 aromatic rings. The fourth-order valence-corrected chi connectivity index (χ4v) is 2.68. The minimum Gasteiger partial charge on any atom is -0.486 e. The van der Waals surface area contributed by atoms with Crippen LogP contribution in [-0.2, 0) is 0 Å². The Balaban J connectivity index is 1.78. The van der Waals surface area contributed by atoms with Gasteiger partial charge >= 0.3 is 0 Å². The summed E-state index contributed by atoms with van der Waals surface area (Å²) in [6.45, 7) is 0. The lowest BCUT2D eigenvalue weighted by Gasteiger charge is -2.20. The summed E-state index contributed by atoms with van der Waals surface area (Å²) >= 11 is 0. The number of hydrogen-bond acceptors (Lipinski definition) is 3. The van der Waals surface area contributed by atoms with Crippen LogP contribution in [0.1, 0.15) is 32.1 Å². The Morgan fingerprint density at radius 2 is 2.27 bits per heavy atom. The molecule has 0 aromatic carbocycles. The van der Waals surface area contributed by atoms with E-state index in [2.05, 4.69) is 4.98 Å². The number of ether oxygens (including phenoxy) is 1. The summed E-state index contributed by atoms with van der Waals surface area (Å²) in [5.74, 6) is 1.27. The van der Waals surface area contributed by atoms with Crippen LogP contribution in [0.25, 0.3) is 0 Å². The Morgan fingerprint density at radius 1 is 1.40 bits per heavy atom. The van der Waals surface area contributed by atoms with E-state index in [0.29, 0.717) is 17.3 Å². The second kappa shape index (κ2) is 3.12. The summed E-state index contributed by atoms with van der Waals surface area (Å²) < 4.78 is 6.00. The van der Waals surface area contributed by atoms with Gasteiger partial charge in [-0.3, -0.25) is 0 Å². The second-order valence-electron chi connectivity index (χ2n) is 4.75. The van der Waals surface area contributed by atoms with Gasteiger partial charge in [0.2, 0.25) is 0 Å². The fourth-order valence-electron chi connectivity index (χ4n) is 2.68. The number of nitrogens with zero attached hydrogens (tertiary/aromatic N) is 1. The molecule has 1 unspecified atom stereocenters. The standard InChI is InChI=1S/C12H16N2O/c13-11-9(3-2-8-14-11)15-10-4-1-5-12(10)6-7-12/h2-3,8,10H,1,4-7H2,(H2,13,14). The number of hydrogen-bond donors (Lipinski definition) is 1. The quantitative estimate of drug-likeness (QED) is 0.804. The maximum Gasteiger partial charge on any atom is 0.166 e. The Hall–Kier alpha value is -1.25. The normalized spacial score (nSPS) is 26.8. The lowest BCUT2D eigenvalue weighted by Crippen LogP contribution is -2.23. The van der Waals surface area contributed by atoms with Gasteiger partial charge < -0.3 is 10.5 Å². The van der Waals surface area contributed by atoms with Gasteiger partial charge in [0, 0.05) is 11.6 Å². The van der Waals surface area contributed by atoms with Gasteiger partial charge in [-0.1, -0.05) is 0 Å². The zero-order chi connectivity index (χ0) is 10.3. The lowest BCUT2D eigenvalue weighted by molar-refractivity contribution is 0.146. The molecule has 0 bridgehead atoms. The van der Waals surface area contributed by atoms with E-state index < -0.39 is 0 Å². The minimum atomic E-state index is 0.379. The van der Waals surface area contributed by atoms with Crippen LogP contribution >= 0.6 is 0 Å². The molecule has 3 heteroatoms. The minimum absolute atomic E-state index is 0.379. The first-order valence-corrected chi connectivity index (χ1v) is 5.67. The molecule has 2 fully saturated rings. The van der Waals surface area contributed by atoms with Crippen molar-refractivity contribution in [2.75, 3.05) is 5.73 Å². The van der Waals surface area contributed by atoms with Crippen molar-refractivity contribution in [2.24, 2.45) is 5.41 Å². The zero-order valence-corrected chi connectivity index (χ0v) is 8.78. The summed E-state index contributed by atoms with van der Waals surface area (Å²) in [5.41, 5.74) is 6.27. The molecule has 2 aliphatic carbocycles. The third-order valence-corrected chi connectivity index (χ3v) is 3.79. The number of nitrogen functional groups attached to an aromatic ring is 1. The number of anilines is 1. The monoisotopic (exact) mass is 204 g/mol. The molecule has 1 spiro atoms. The molecule has 3 nitrogen and oxygen atoms in total. The average Bonchev–Trinajstić information content (AvgIpc) is 2.89. The molecule has 2 saturated carbocycles. The predicted octanol–water partition coefficient (Wildman–Crippen LogP) is 2.38. The first-order chi connectivity index (χ1) is 7.30. The highest BCUT2D eigenvalue weighted by Crippen LogP contribution is 2.58. The van der Waals surface area contributed by atoms with Crippen LogP contribution in [0.4, 0.5) is 5.82 Å². The molecule has 0 amide bonds. The molecule has 1 aromatic heterocycles. The maximum absolute atomic E-state index is 6.00. The van der Waals surface area contributed by atoms with Crippen molar-refractivity contribution in [3.63, 3.8) is 0 Å². The molecule has 0 saturated heterocycles. The molecule has 80 valence electrons. The summed E-state index contributed by atoms with van der Waals surface area (Å²) in [5, 5.41) is 0. The number of rotatable bonds is 2. The van der Waals surface area contributed by atoms with Crippen LogP contribution in [-0.4, -0.2) is 11.1 Å². The van der Waals surface area contributed by atoms with Gasteiger partial charge in [0.15, 0.2) is 11.6 Å². The molecule has 2 N–H and O–H groups in total. The van der Waals surface area contributed by atoms with E-state index in [1.54, 1.807) is 6.20 Å². The van der Waals surface area contributed by atoms with Crippen LogP contribution in [0, 0.1) is 5.41 Å². The van der Waals surface area contributed by atoms with E-state index in [0.717, 1.165) is 5.75 Å². The van der Waals surface area contributed by atoms with Crippen LogP contribution in [0.3, 0.4) is 0 Å². The largest absolute Gasteiger partial charge is 0.486 e. The van der Waals surface area contributed by atoms with Gasteiger partial charge in [-0.15, -0.1) is 0 Å². The Labute approximate surface area is 89.6 Å². The molecular formula is C12H16N2O. The SMILES string of the molecule is Nc1ncccc1OC1CCCC12CC2. The van der Waals surface area contributed by atoms with Gasteiger partial charge in [-0.05, 0) is 44.2 Å². The smallest absolute Gasteiger partial charge is 0.166 e. The van der Waals surface area contributed by atoms with E-state index in [1.807, 2.05) is 12.1 Å². The second-order valence-corrected chi connectivity index (χ2v) is 4.75. The topological polar surface area (TPSA) is 48.1 Å². The molecule has 1 atom stereocenters. The van der Waals surface area contributed by atoms with Crippen molar-refractivity contribution < 1.29 is 4.74 Å². The van der Waals surface area contributed by atoms with Crippen molar-refractivity contribution in [2.45, 2.75) is 38.2 Å². The highest BCUT2D eigenvalue weighted by atomic mass is 16.5. The highest BCUT2D eigenvalue weighted by molar-refractivity contribution is 5.45. The van der Waals surface area contributed by atoms with Crippen LogP contribution < -0.4 is 10.5 Å². The van der Waals surface area contributed by atoms with Crippen LogP contribution in [0.15, 0.2) is 18.3 Å². The van der Waals surface area contributed by atoms with E-state index in [-0.39, 0.29) is 0 Å². The molecule has 0 radical (unpaired) electrons. The number of nitrogens with two attached hydrogens (primary N) is 1. The van der Waals surface area contributed by atoms with Gasteiger partial charge in [0.1, 0.15) is 6.10 Å². The zero-order valence-electron chi connectivity index (χ0n) is 8.78. The van der Waals surface area contributed by atoms with Crippen molar-refractivity contribution in [1.82, 2.24) is 4.98 Å². The average molecular weight is 204 g/mol. The van der Waals surface area contributed by atoms with Crippen molar-refractivity contribution in [3.05, 3.63) is 18.3 Å². The summed E-state index contributed by atoms with van der Waals surface area (Å²) in [6, 6.07) is 3.79. The molecule has 0 aliphatic heterocycles. The molecule has 3 rings (SSSR count). The first-order valence-electron chi connectivity index (χ1n) is 5.67. The number of pyridine rings is 1. The van der Waals surface area contributed by atoms with E-state index in [1.165, 1.54) is 32.1 Å². The maximum atomic E-state index is 6.00. The molecular weight excluding hydrogens is 188 g/mol. The van der Waals surface area contributed by atoms with Gasteiger partial charge in [0.05, 0.1) is 0 Å². The van der Waals surface area contributed by atoms with E-state index in [4.69, 9.17) is 10.5 Å². The van der Waals surface area contributed by atoms with E-state index in [9.17, 15) is 0 Å². The van der Waals surface area contributed by atoms with E-state index >= 15 is 0 Å². The Bertz CT molecular complexity index is 374. The fraction of sp³-hybridized carbons (Fsp3) is 0.583. The Morgan fingerprint density at radius 3 is 3.00 bits per heavy atom. The third-order valence-electron chi connectivity index (χ3n) is 3.79. The number of aromatic nitrogens is 1. The van der Waals surface area contributed by atoms with Crippen molar-refractivity contribution >= 4 is 5.82 Å². The summed E-state index contributed by atoms with van der Waals surface area (Å²) in [6.07, 6.45) is 8.54. The van der Waals surface area contributed by atoms with Gasteiger partial charge in [-0.25, -0.2) is 4.98 Å². The summed E-state index contributed by atoms with van der Waals surface area (Å²) in [4.78, 5) is 4.04. The summed E-state index contributed by atoms with van der Waals surface area (Å²) in [7, 11) is 0. The predicted molar refractivity (Wildman–Crippen MR) is 58.6 cm³/mol. The molecule has 2 aliphatic rings. The van der Waals surface area contributed by atoms with Gasteiger partial charge in [0.25, 0.3) is 0 Å². The van der Waals surface area contributed by atoms with Crippen LogP contribution in [0.5, 0.6) is 5.75 Å². The van der Waals surface area contributed by atoms with Crippen molar-refractivity contribution in [3.8, 4) is 5.75 Å². The molecule has 1 heterocycles. The third kappa shape index (κ3) is 1.46. The highest BCUT2D eigenvalue weighted by Gasteiger charge is 2.53. The lowest BCUT2D eigenvalue weighted by atomic mass is 10.0. The van der Waals surface area contributed by atoms with Gasteiger partial charge in [-0.2, -0.15) is 0 Å². The Kier molecular flexibility index (Phi) is 1.87.